The molecule has 0 radical (unpaired) electrons. The minimum Gasteiger partial charge on any atom is -0.495 e. The van der Waals surface area contributed by atoms with Gasteiger partial charge in [0.15, 0.2) is 11.5 Å². The van der Waals surface area contributed by atoms with Crippen molar-refractivity contribution in [2.45, 2.75) is 18.9 Å². The number of amides is 1. The Balaban J connectivity index is 1.49. The zero-order valence-corrected chi connectivity index (χ0v) is 16.0. The number of carbonyl (C=O) groups excluding carboxylic acids is 1. The van der Waals surface area contributed by atoms with E-state index in [9.17, 15) is 4.79 Å². The summed E-state index contributed by atoms with van der Waals surface area (Å²) in [6, 6.07) is 9.68. The molecule has 7 nitrogen and oxygen atoms in total. The van der Waals surface area contributed by atoms with Crippen LogP contribution in [0.2, 0.25) is 0 Å². The van der Waals surface area contributed by atoms with E-state index in [-0.39, 0.29) is 11.9 Å². The van der Waals surface area contributed by atoms with Crippen LogP contribution >= 0.6 is 0 Å². The lowest BCUT2D eigenvalue weighted by Crippen LogP contribution is -2.25. The molecule has 0 spiro atoms. The van der Waals surface area contributed by atoms with Gasteiger partial charge in [-0.3, -0.25) is 9.89 Å². The third kappa shape index (κ3) is 3.40. The third-order valence-electron chi connectivity index (χ3n) is 5.07. The van der Waals surface area contributed by atoms with Gasteiger partial charge in [-0.2, -0.15) is 5.10 Å². The maximum absolute atomic E-state index is 12.6. The number of carbonyl (C=O) groups is 1. The summed E-state index contributed by atoms with van der Waals surface area (Å²) >= 11 is 0. The Morgan fingerprint density at radius 1 is 1.17 bits per heavy atom. The molecule has 1 aliphatic heterocycles. The first-order chi connectivity index (χ1) is 14.2. The molecule has 0 saturated heterocycles. The van der Waals surface area contributed by atoms with Crippen LogP contribution in [0.1, 0.15) is 34.5 Å². The fourth-order valence-corrected chi connectivity index (χ4v) is 3.45. The molecule has 2 N–H and O–H groups in total. The Morgan fingerprint density at radius 3 is 2.79 bits per heavy atom. The van der Waals surface area contributed by atoms with E-state index in [4.69, 9.17) is 14.2 Å². The van der Waals surface area contributed by atoms with E-state index in [1.54, 1.807) is 13.2 Å². The number of benzene rings is 2. The Kier molecular flexibility index (Phi) is 4.35. The standard InChI is InChI=1S/C22H21N3O4/c1-27-21-15(22(26)23-14-4-5-14)6-8-17-20(21)16(24-25-17)7-2-13-3-9-18-19(12-13)29-11-10-28-18/h2-3,6-9,12,14H,4-5,10-11H2,1H3,(H,23,26)(H,24,25)/b7-2+. The molecular formula is C22H21N3O4. The van der Waals surface area contributed by atoms with Gasteiger partial charge in [0.2, 0.25) is 0 Å². The molecule has 2 heterocycles. The molecule has 29 heavy (non-hydrogen) atoms. The zero-order chi connectivity index (χ0) is 19.8. The van der Waals surface area contributed by atoms with Crippen molar-refractivity contribution in [1.82, 2.24) is 15.5 Å². The molecule has 2 aliphatic rings. The maximum atomic E-state index is 12.6. The van der Waals surface area contributed by atoms with Crippen LogP contribution in [0, 0.1) is 0 Å². The molecule has 148 valence electrons. The molecule has 5 rings (SSSR count). The average Bonchev–Trinajstić information content (AvgIpc) is 3.47. The Hall–Kier alpha value is -3.48. The maximum Gasteiger partial charge on any atom is 0.255 e. The van der Waals surface area contributed by atoms with Crippen molar-refractivity contribution in [3.05, 3.63) is 47.2 Å². The number of rotatable bonds is 5. The second kappa shape index (κ2) is 7.16. The Bertz CT molecular complexity index is 1110. The number of methoxy groups -OCH3 is 1. The van der Waals surface area contributed by atoms with Crippen LogP contribution in [-0.2, 0) is 0 Å². The van der Waals surface area contributed by atoms with Crippen LogP contribution in [0.15, 0.2) is 30.3 Å². The number of hydrogen-bond donors (Lipinski definition) is 2. The fraction of sp³-hybridized carbons (Fsp3) is 0.273. The second-order valence-corrected chi connectivity index (χ2v) is 7.16. The lowest BCUT2D eigenvalue weighted by molar-refractivity contribution is 0.0948. The summed E-state index contributed by atoms with van der Waals surface area (Å²) in [6.07, 6.45) is 5.95. The van der Waals surface area contributed by atoms with Gasteiger partial charge in [0.25, 0.3) is 5.91 Å². The third-order valence-corrected chi connectivity index (χ3v) is 5.07. The highest BCUT2D eigenvalue weighted by Crippen LogP contribution is 2.34. The van der Waals surface area contributed by atoms with Crippen molar-refractivity contribution in [3.63, 3.8) is 0 Å². The first kappa shape index (κ1) is 17.6. The van der Waals surface area contributed by atoms with E-state index >= 15 is 0 Å². The number of nitrogens with zero attached hydrogens (tertiary/aromatic N) is 1. The number of aromatic nitrogens is 2. The summed E-state index contributed by atoms with van der Waals surface area (Å²) < 4.78 is 16.8. The summed E-state index contributed by atoms with van der Waals surface area (Å²) in [5.74, 6) is 1.91. The monoisotopic (exact) mass is 391 g/mol. The molecule has 0 unspecified atom stereocenters. The van der Waals surface area contributed by atoms with Gasteiger partial charge >= 0.3 is 0 Å². The molecule has 1 fully saturated rings. The summed E-state index contributed by atoms with van der Waals surface area (Å²) in [6.45, 7) is 1.12. The van der Waals surface area contributed by atoms with E-state index in [2.05, 4.69) is 15.5 Å². The highest BCUT2D eigenvalue weighted by Gasteiger charge is 2.26. The van der Waals surface area contributed by atoms with Gasteiger partial charge < -0.3 is 19.5 Å². The van der Waals surface area contributed by atoms with E-state index < -0.39 is 0 Å². The van der Waals surface area contributed by atoms with Crippen LogP contribution in [0.25, 0.3) is 23.1 Å². The molecule has 0 bridgehead atoms. The lowest BCUT2D eigenvalue weighted by Gasteiger charge is -2.18. The summed E-state index contributed by atoms with van der Waals surface area (Å²) in [7, 11) is 1.57. The minimum absolute atomic E-state index is 0.116. The predicted octanol–water partition coefficient (Wildman–Crippen LogP) is 3.41. The van der Waals surface area contributed by atoms with Gasteiger partial charge in [-0.05, 0) is 48.7 Å². The number of hydrogen-bond acceptors (Lipinski definition) is 5. The SMILES string of the molecule is COc1c(C(=O)NC2CC2)ccc2n[nH]c(/C=C/c3ccc4c(c3)OCCO4)c12. The topological polar surface area (TPSA) is 85.5 Å². The number of fused-ring (bicyclic) bond motifs is 2. The van der Waals surface area contributed by atoms with Crippen LogP contribution in [0.4, 0.5) is 0 Å². The molecule has 3 aromatic rings. The number of ether oxygens (including phenoxy) is 3. The van der Waals surface area contributed by atoms with Gasteiger partial charge in [-0.15, -0.1) is 0 Å². The minimum atomic E-state index is -0.116. The van der Waals surface area contributed by atoms with Gasteiger partial charge in [0.1, 0.15) is 19.0 Å². The number of nitrogens with one attached hydrogen (secondary N) is 2. The molecular weight excluding hydrogens is 370 g/mol. The predicted molar refractivity (Wildman–Crippen MR) is 109 cm³/mol. The molecule has 0 atom stereocenters. The Morgan fingerprint density at radius 2 is 2.00 bits per heavy atom. The summed E-state index contributed by atoms with van der Waals surface area (Å²) in [4.78, 5) is 12.6. The van der Waals surface area contributed by atoms with E-state index in [0.717, 1.165) is 46.5 Å². The highest BCUT2D eigenvalue weighted by molar-refractivity contribution is 6.05. The summed E-state index contributed by atoms with van der Waals surface area (Å²) in [5.41, 5.74) is 3.00. The van der Waals surface area contributed by atoms with Crippen LogP contribution in [0.5, 0.6) is 17.2 Å². The first-order valence-electron chi connectivity index (χ1n) is 9.66. The van der Waals surface area contributed by atoms with E-state index in [1.807, 2.05) is 36.4 Å². The van der Waals surface area contributed by atoms with Crippen LogP contribution in [-0.4, -0.2) is 42.5 Å². The van der Waals surface area contributed by atoms with Crippen molar-refractivity contribution in [2.24, 2.45) is 0 Å². The average molecular weight is 391 g/mol. The smallest absolute Gasteiger partial charge is 0.255 e. The van der Waals surface area contributed by atoms with Crippen molar-refractivity contribution in [3.8, 4) is 17.2 Å². The van der Waals surface area contributed by atoms with Crippen molar-refractivity contribution >= 4 is 29.0 Å². The largest absolute Gasteiger partial charge is 0.495 e. The molecule has 1 aromatic heterocycles. The van der Waals surface area contributed by atoms with Crippen molar-refractivity contribution < 1.29 is 19.0 Å². The van der Waals surface area contributed by atoms with Gasteiger partial charge in [0, 0.05) is 6.04 Å². The normalized spacial score (nSPS) is 15.6. The molecule has 7 heteroatoms. The molecule has 1 amide bonds. The summed E-state index contributed by atoms with van der Waals surface area (Å²) in [5, 5.41) is 11.2. The molecule has 1 saturated carbocycles. The number of H-pyrrole nitrogens is 1. The van der Waals surface area contributed by atoms with Crippen molar-refractivity contribution in [2.75, 3.05) is 20.3 Å². The highest BCUT2D eigenvalue weighted by atomic mass is 16.6. The number of aromatic amines is 1. The van der Waals surface area contributed by atoms with Gasteiger partial charge in [-0.25, -0.2) is 0 Å². The van der Waals surface area contributed by atoms with E-state index in [1.165, 1.54) is 0 Å². The molecule has 1 aliphatic carbocycles. The van der Waals surface area contributed by atoms with E-state index in [0.29, 0.717) is 24.5 Å². The van der Waals surface area contributed by atoms with Crippen LogP contribution in [0.3, 0.4) is 0 Å². The van der Waals surface area contributed by atoms with Crippen LogP contribution < -0.4 is 19.5 Å². The fourth-order valence-electron chi connectivity index (χ4n) is 3.45. The molecule has 2 aromatic carbocycles. The van der Waals surface area contributed by atoms with Crippen molar-refractivity contribution in [1.29, 1.82) is 0 Å². The second-order valence-electron chi connectivity index (χ2n) is 7.16. The van der Waals surface area contributed by atoms with Gasteiger partial charge in [0.05, 0.1) is 29.3 Å². The Labute approximate surface area is 167 Å². The first-order valence-corrected chi connectivity index (χ1v) is 9.66. The zero-order valence-electron chi connectivity index (χ0n) is 16.0. The van der Waals surface area contributed by atoms with Gasteiger partial charge in [-0.1, -0.05) is 12.1 Å². The lowest BCUT2D eigenvalue weighted by atomic mass is 10.1. The quantitative estimate of drug-likeness (QED) is 0.696.